The Bertz CT molecular complexity index is 825. The van der Waals surface area contributed by atoms with Crippen LogP contribution in [0.5, 0.6) is 0 Å². The first kappa shape index (κ1) is 13.3. The molecule has 0 aromatic carbocycles. The van der Waals surface area contributed by atoms with Crippen molar-refractivity contribution >= 4 is 16.7 Å². The Labute approximate surface area is 110 Å². The Hall–Kier alpha value is -2.17. The van der Waals surface area contributed by atoms with E-state index in [9.17, 15) is 14.4 Å². The highest BCUT2D eigenvalue weighted by Gasteiger charge is 2.18. The topological polar surface area (TPSA) is 61.1 Å². The molecule has 0 bridgehead atoms. The van der Waals surface area contributed by atoms with Gasteiger partial charge in [-0.2, -0.15) is 0 Å². The van der Waals surface area contributed by atoms with Crippen LogP contribution in [0.2, 0.25) is 0 Å². The fourth-order valence-corrected chi connectivity index (χ4v) is 2.40. The monoisotopic (exact) mass is 260 g/mol. The van der Waals surface area contributed by atoms with Crippen molar-refractivity contribution in [2.75, 3.05) is 0 Å². The lowest BCUT2D eigenvalue weighted by atomic mass is 10.0. The first-order valence-electron chi connectivity index (χ1n) is 5.98. The Balaban J connectivity index is 3.23. The van der Waals surface area contributed by atoms with Crippen LogP contribution in [0.25, 0.3) is 10.9 Å². The largest absolute Gasteiger partial charge is 0.315 e. The quantitative estimate of drug-likeness (QED) is 0.720. The maximum absolute atomic E-state index is 12.3. The molecule has 5 nitrogen and oxygen atoms in total. The Morgan fingerprint density at radius 2 is 1.63 bits per heavy atom. The number of aromatic nitrogens is 2. The molecule has 0 saturated carbocycles. The number of carbonyl (C=O) groups is 1. The van der Waals surface area contributed by atoms with Crippen LogP contribution in [-0.4, -0.2) is 14.9 Å². The van der Waals surface area contributed by atoms with Gasteiger partial charge in [-0.25, -0.2) is 0 Å². The summed E-state index contributed by atoms with van der Waals surface area (Å²) in [5.74, 6) is -0.317. The first-order chi connectivity index (χ1) is 8.77. The van der Waals surface area contributed by atoms with Crippen LogP contribution in [0, 0.1) is 13.8 Å². The minimum absolute atomic E-state index is 0.0935. The molecule has 0 saturated heterocycles. The molecule has 0 aliphatic carbocycles. The van der Waals surface area contributed by atoms with Crippen molar-refractivity contribution in [3.63, 3.8) is 0 Å². The average Bonchev–Trinajstić information content (AvgIpc) is 2.32. The summed E-state index contributed by atoms with van der Waals surface area (Å²) < 4.78 is 2.89. The van der Waals surface area contributed by atoms with Crippen LogP contribution in [-0.2, 0) is 14.1 Å². The molecule has 0 atom stereocenters. The number of pyridine rings is 2. The van der Waals surface area contributed by atoms with Gasteiger partial charge in [-0.3, -0.25) is 14.4 Å². The van der Waals surface area contributed by atoms with Gasteiger partial charge in [0.25, 0.3) is 11.1 Å². The third kappa shape index (κ3) is 1.73. The van der Waals surface area contributed by atoms with Gasteiger partial charge in [0.2, 0.25) is 0 Å². The summed E-state index contributed by atoms with van der Waals surface area (Å²) in [5.41, 5.74) is 1.34. The summed E-state index contributed by atoms with van der Waals surface area (Å²) in [7, 11) is 3.25. The standard InChI is InChI=1S/C14H16N2O3/c1-7-6-10-12(14(19)15(7)4)8(2)11(9(3)17)13(18)16(10)5/h6H,1-5H3. The molecule has 0 fully saturated rings. The van der Waals surface area contributed by atoms with Crippen molar-refractivity contribution in [3.05, 3.63) is 43.6 Å². The van der Waals surface area contributed by atoms with Crippen LogP contribution in [0.3, 0.4) is 0 Å². The predicted molar refractivity (Wildman–Crippen MR) is 73.9 cm³/mol. The predicted octanol–water partition coefficient (Wildman–Crippen LogP) is 1.06. The second-order valence-electron chi connectivity index (χ2n) is 4.83. The van der Waals surface area contributed by atoms with E-state index in [1.165, 1.54) is 16.1 Å². The van der Waals surface area contributed by atoms with Gasteiger partial charge in [-0.15, -0.1) is 0 Å². The van der Waals surface area contributed by atoms with Gasteiger partial charge in [-0.1, -0.05) is 0 Å². The van der Waals surface area contributed by atoms with Crippen LogP contribution < -0.4 is 11.1 Å². The molecule has 0 spiro atoms. The van der Waals surface area contributed by atoms with E-state index in [1.54, 1.807) is 34.0 Å². The summed E-state index contributed by atoms with van der Waals surface area (Å²) in [4.78, 5) is 36.2. The molecule has 2 rings (SSSR count). The lowest BCUT2D eigenvalue weighted by Gasteiger charge is -2.13. The molecule has 100 valence electrons. The van der Waals surface area contributed by atoms with E-state index in [1.807, 2.05) is 0 Å². The zero-order chi connectivity index (χ0) is 14.5. The Morgan fingerprint density at radius 1 is 1.05 bits per heavy atom. The Kier molecular flexibility index (Phi) is 2.92. The van der Waals surface area contributed by atoms with Crippen LogP contribution >= 0.6 is 0 Å². The molecule has 2 aromatic rings. The van der Waals surface area contributed by atoms with E-state index in [2.05, 4.69) is 0 Å². The molecule has 5 heteroatoms. The lowest BCUT2D eigenvalue weighted by Crippen LogP contribution is -2.29. The van der Waals surface area contributed by atoms with Crippen molar-refractivity contribution in [2.45, 2.75) is 20.8 Å². The van der Waals surface area contributed by atoms with Crippen molar-refractivity contribution in [1.82, 2.24) is 9.13 Å². The summed E-state index contributed by atoms with van der Waals surface area (Å²) in [6.07, 6.45) is 0. The zero-order valence-electron chi connectivity index (χ0n) is 11.7. The molecule has 0 radical (unpaired) electrons. The van der Waals surface area contributed by atoms with Crippen LogP contribution in [0.4, 0.5) is 0 Å². The summed E-state index contributed by atoms with van der Waals surface area (Å²) in [6, 6.07) is 1.79. The molecule has 0 N–H and O–H groups in total. The number of hydrogen-bond donors (Lipinski definition) is 0. The number of rotatable bonds is 1. The summed E-state index contributed by atoms with van der Waals surface area (Å²) in [6.45, 7) is 4.80. The Morgan fingerprint density at radius 3 is 2.16 bits per heavy atom. The van der Waals surface area contributed by atoms with Gasteiger partial charge in [0.05, 0.1) is 16.5 Å². The molecule has 2 heterocycles. The van der Waals surface area contributed by atoms with Crippen LogP contribution in [0.15, 0.2) is 15.7 Å². The number of aryl methyl sites for hydroxylation is 3. The minimum atomic E-state index is -0.356. The van der Waals surface area contributed by atoms with E-state index in [0.717, 1.165) is 5.69 Å². The average molecular weight is 260 g/mol. The highest BCUT2D eigenvalue weighted by atomic mass is 16.1. The van der Waals surface area contributed by atoms with Crippen molar-refractivity contribution in [1.29, 1.82) is 0 Å². The molecule has 19 heavy (non-hydrogen) atoms. The van der Waals surface area contributed by atoms with E-state index in [0.29, 0.717) is 16.5 Å². The summed E-state index contributed by atoms with van der Waals surface area (Å²) >= 11 is 0. The third-order valence-corrected chi connectivity index (χ3v) is 3.63. The second-order valence-corrected chi connectivity index (χ2v) is 4.83. The number of Topliss-reactive ketones (excluding diaryl/α,β-unsaturated/α-hetero) is 1. The number of nitrogens with zero attached hydrogens (tertiary/aromatic N) is 2. The van der Waals surface area contributed by atoms with E-state index in [4.69, 9.17) is 0 Å². The van der Waals surface area contributed by atoms with Gasteiger partial charge in [0.15, 0.2) is 5.78 Å². The van der Waals surface area contributed by atoms with E-state index >= 15 is 0 Å². The zero-order valence-corrected chi connectivity index (χ0v) is 11.7. The lowest BCUT2D eigenvalue weighted by molar-refractivity contribution is 0.101. The first-order valence-corrected chi connectivity index (χ1v) is 5.98. The van der Waals surface area contributed by atoms with Gasteiger partial charge in [0, 0.05) is 19.8 Å². The van der Waals surface area contributed by atoms with Gasteiger partial charge < -0.3 is 9.13 Å². The summed E-state index contributed by atoms with van der Waals surface area (Å²) in [5, 5.41) is 0.431. The molecular weight excluding hydrogens is 244 g/mol. The second kappa shape index (κ2) is 4.19. The minimum Gasteiger partial charge on any atom is -0.315 e. The molecule has 0 amide bonds. The van der Waals surface area contributed by atoms with Crippen molar-refractivity contribution in [2.24, 2.45) is 14.1 Å². The van der Waals surface area contributed by atoms with E-state index in [-0.39, 0.29) is 22.5 Å². The third-order valence-electron chi connectivity index (χ3n) is 3.63. The number of ketones is 1. The van der Waals surface area contributed by atoms with Gasteiger partial charge in [-0.05, 0) is 32.4 Å². The molecule has 0 aliphatic rings. The number of hydrogen-bond acceptors (Lipinski definition) is 3. The normalized spacial score (nSPS) is 11.0. The fraction of sp³-hybridized carbons (Fsp3) is 0.357. The van der Waals surface area contributed by atoms with Crippen LogP contribution in [0.1, 0.15) is 28.5 Å². The SMILES string of the molecule is CC(=O)c1c(C)c2c(=O)n(C)c(C)cc2n(C)c1=O. The number of carbonyl (C=O) groups excluding carboxylic acids is 1. The van der Waals surface area contributed by atoms with E-state index < -0.39 is 0 Å². The smallest absolute Gasteiger partial charge is 0.261 e. The maximum atomic E-state index is 12.3. The molecular formula is C14H16N2O3. The van der Waals surface area contributed by atoms with Crippen molar-refractivity contribution in [3.8, 4) is 0 Å². The number of fused-ring (bicyclic) bond motifs is 1. The maximum Gasteiger partial charge on any atom is 0.261 e. The van der Waals surface area contributed by atoms with Gasteiger partial charge >= 0.3 is 0 Å². The van der Waals surface area contributed by atoms with Crippen molar-refractivity contribution < 1.29 is 4.79 Å². The fourth-order valence-electron chi connectivity index (χ4n) is 2.40. The van der Waals surface area contributed by atoms with Gasteiger partial charge in [0.1, 0.15) is 0 Å². The highest BCUT2D eigenvalue weighted by molar-refractivity contribution is 5.99. The molecule has 0 unspecified atom stereocenters. The molecule has 0 aliphatic heterocycles. The highest BCUT2D eigenvalue weighted by Crippen LogP contribution is 2.16. The molecule has 2 aromatic heterocycles.